The Morgan fingerprint density at radius 3 is 0.919 bits per heavy atom. The number of hydrogen-bond acceptors (Lipinski definition) is 2. The van der Waals surface area contributed by atoms with E-state index in [9.17, 15) is 0 Å². The van der Waals surface area contributed by atoms with E-state index in [0.29, 0.717) is 10.0 Å². The molecule has 15 aromatic rings. The van der Waals surface area contributed by atoms with Crippen LogP contribution in [0.2, 0.25) is 10.0 Å². The summed E-state index contributed by atoms with van der Waals surface area (Å²) in [6.45, 7) is 28.0. The van der Waals surface area contributed by atoms with Crippen molar-refractivity contribution in [2.75, 3.05) is 9.80 Å². The third-order valence-electron chi connectivity index (χ3n) is 20.0. The summed E-state index contributed by atoms with van der Waals surface area (Å²) in [7, 11) is 0. The highest BCUT2D eigenvalue weighted by Crippen LogP contribution is 2.59. The van der Waals surface area contributed by atoms with Gasteiger partial charge in [0.2, 0.25) is 0 Å². The van der Waals surface area contributed by atoms with Gasteiger partial charge in [-0.3, -0.25) is 0 Å². The number of hydrogen-bond donors (Lipinski definition) is 0. The summed E-state index contributed by atoms with van der Waals surface area (Å²) in [6.07, 6.45) is 0. The first-order valence-electron chi connectivity index (χ1n) is 34.7. The molecule has 0 atom stereocenters. The zero-order chi connectivity index (χ0) is 68.9. The third kappa shape index (κ3) is 12.0. The fourth-order valence-corrected chi connectivity index (χ4v) is 15.0. The van der Waals surface area contributed by atoms with Gasteiger partial charge in [-0.2, -0.15) is 0 Å². The van der Waals surface area contributed by atoms with Crippen LogP contribution in [-0.4, -0.2) is 4.40 Å². The topological polar surface area (TPSA) is 10.9 Å². The monoisotopic (exact) mass is 1320 g/mol. The standard InChI is InChI=1S/C94H83Cl2N3/c1-91(2,3)68-45-47-82-80(51-68)86-84(97(74-43-27-41-72(95)57-74)88-76(62-33-21-15-22-34-62)53-70(93(7,8)9)55-78(88)66-39-25-37-64(49-66)60-29-17-13-18-30-60)59-85(87-81-52-69(92(4,5)6)46-48-83(81)99(82)90(86)87)98(75-44-28-42-73(96)58-75)89-77(63-35-23-16-24-36-63)54-71(94(10,11)12)56-79(89)67-40-26-38-65(50-67)61-31-19-14-20-32-61/h13-59H,1-12H3. The lowest BCUT2D eigenvalue weighted by Gasteiger charge is -2.36. The van der Waals surface area contributed by atoms with E-state index in [0.717, 1.165) is 139 Å². The molecule has 0 radical (unpaired) electrons. The van der Waals surface area contributed by atoms with Crippen LogP contribution in [0.25, 0.3) is 105 Å². The van der Waals surface area contributed by atoms with Crippen molar-refractivity contribution >= 4 is 95.4 Å². The van der Waals surface area contributed by atoms with Crippen molar-refractivity contribution in [2.45, 2.75) is 105 Å². The van der Waals surface area contributed by atoms with Crippen LogP contribution in [0.1, 0.15) is 105 Å². The van der Waals surface area contributed by atoms with Crippen LogP contribution >= 0.6 is 23.2 Å². The maximum atomic E-state index is 7.54. The van der Waals surface area contributed by atoms with Crippen LogP contribution in [-0.2, 0) is 21.7 Å². The number of nitrogens with zero attached hydrogens (tertiary/aromatic N) is 3. The van der Waals surface area contributed by atoms with Gasteiger partial charge in [0.1, 0.15) is 0 Å². The van der Waals surface area contributed by atoms with Crippen LogP contribution in [0.3, 0.4) is 0 Å². The summed E-state index contributed by atoms with van der Waals surface area (Å²) < 4.78 is 2.59. The van der Waals surface area contributed by atoms with Gasteiger partial charge in [0.15, 0.2) is 0 Å². The first-order chi connectivity index (χ1) is 47.5. The molecular formula is C94H83Cl2N3. The van der Waals surface area contributed by atoms with Crippen LogP contribution in [0, 0.1) is 0 Å². The Labute approximate surface area is 594 Å². The Kier molecular flexibility index (Phi) is 16.4. The molecule has 5 heteroatoms. The van der Waals surface area contributed by atoms with E-state index in [1.165, 1.54) is 22.3 Å². The van der Waals surface area contributed by atoms with E-state index in [1.807, 2.05) is 12.1 Å². The molecule has 0 spiro atoms. The summed E-state index contributed by atoms with van der Waals surface area (Å²) in [6, 6.07) is 106. The number of anilines is 6. The Balaban J connectivity index is 1.21. The molecule has 99 heavy (non-hydrogen) atoms. The predicted molar refractivity (Wildman–Crippen MR) is 428 cm³/mol. The van der Waals surface area contributed by atoms with Crippen molar-refractivity contribution in [2.24, 2.45) is 0 Å². The zero-order valence-corrected chi connectivity index (χ0v) is 60.2. The summed E-state index contributed by atoms with van der Waals surface area (Å²) in [5.41, 5.74) is 26.5. The molecule has 0 fully saturated rings. The number of rotatable bonds is 12. The molecule has 0 bridgehead atoms. The molecule has 0 saturated carbocycles. The van der Waals surface area contributed by atoms with Gasteiger partial charge in [0, 0.05) is 65.2 Å². The Morgan fingerprint density at radius 1 is 0.263 bits per heavy atom. The first kappa shape index (κ1) is 64.8. The Hall–Kier alpha value is -10.2. The average Bonchev–Trinajstić information content (AvgIpc) is 1.53. The van der Waals surface area contributed by atoms with Crippen molar-refractivity contribution < 1.29 is 0 Å². The van der Waals surface area contributed by atoms with Gasteiger partial charge in [-0.1, -0.05) is 288 Å². The maximum Gasteiger partial charge on any atom is 0.0662 e. The third-order valence-corrected chi connectivity index (χ3v) is 20.4. The highest BCUT2D eigenvalue weighted by Gasteiger charge is 2.36. The molecule has 15 rings (SSSR count). The van der Waals surface area contributed by atoms with E-state index in [2.05, 4.69) is 370 Å². The molecule has 3 nitrogen and oxygen atoms in total. The van der Waals surface area contributed by atoms with Crippen molar-refractivity contribution in [1.82, 2.24) is 4.40 Å². The zero-order valence-electron chi connectivity index (χ0n) is 58.7. The Bertz CT molecular complexity index is 5200. The van der Waals surface area contributed by atoms with Crippen LogP contribution in [0.5, 0.6) is 0 Å². The Morgan fingerprint density at radius 2 is 0.576 bits per heavy atom. The SMILES string of the molecule is CC(C)(C)c1cc(-c2ccccc2)c(N(c2cccc(Cl)c2)c2cc(N(c3cccc(Cl)c3)c3c(-c4ccccc4)cc(C(C)(C)C)cc3-c3cccc(-c4ccccc4)c3)c3c4cc(C(C)(C)C)ccc4n4c5ccc(C(C)(C)C)cc5c2c34)c(-c2cccc(-c3ccccc3)c2)c1. The minimum atomic E-state index is -0.251. The summed E-state index contributed by atoms with van der Waals surface area (Å²) in [5.74, 6) is 0. The largest absolute Gasteiger partial charge is 0.308 e. The van der Waals surface area contributed by atoms with Crippen LogP contribution in [0.15, 0.2) is 285 Å². The quantitative estimate of drug-likeness (QED) is 0.121. The second kappa shape index (κ2) is 25.0. The lowest BCUT2D eigenvalue weighted by molar-refractivity contribution is 0.590. The summed E-state index contributed by atoms with van der Waals surface area (Å²) in [4.78, 5) is 5.15. The van der Waals surface area contributed by atoms with Crippen LogP contribution < -0.4 is 9.80 Å². The molecule has 13 aromatic carbocycles. The lowest BCUT2D eigenvalue weighted by atomic mass is 9.81. The predicted octanol–water partition coefficient (Wildman–Crippen LogP) is 28.3. The molecular weight excluding hydrogens is 1240 g/mol. The summed E-state index contributed by atoms with van der Waals surface area (Å²) in [5, 5.41) is 5.82. The molecule has 2 aromatic heterocycles. The fourth-order valence-electron chi connectivity index (χ4n) is 14.6. The molecule has 0 aliphatic heterocycles. The molecule has 0 unspecified atom stereocenters. The fraction of sp³-hybridized carbons (Fsp3) is 0.170. The second-order valence-corrected chi connectivity index (χ2v) is 31.8. The van der Waals surface area contributed by atoms with Crippen molar-refractivity contribution in [3.05, 3.63) is 317 Å². The van der Waals surface area contributed by atoms with Crippen molar-refractivity contribution in [3.8, 4) is 66.8 Å². The van der Waals surface area contributed by atoms with Gasteiger partial charge in [-0.05, 0) is 192 Å². The minimum Gasteiger partial charge on any atom is -0.308 e. The maximum absolute atomic E-state index is 7.54. The molecule has 2 heterocycles. The van der Waals surface area contributed by atoms with Crippen molar-refractivity contribution in [3.63, 3.8) is 0 Å². The molecule has 0 amide bonds. The molecule has 0 aliphatic rings. The van der Waals surface area contributed by atoms with Gasteiger partial charge in [0.25, 0.3) is 0 Å². The molecule has 0 N–H and O–H groups in total. The second-order valence-electron chi connectivity index (χ2n) is 30.9. The van der Waals surface area contributed by atoms with E-state index < -0.39 is 0 Å². The number of benzene rings is 13. The van der Waals surface area contributed by atoms with Gasteiger partial charge in [-0.25, -0.2) is 0 Å². The highest BCUT2D eigenvalue weighted by molar-refractivity contribution is 6.33. The van der Waals surface area contributed by atoms with Gasteiger partial charge < -0.3 is 14.2 Å². The number of aromatic nitrogens is 1. The van der Waals surface area contributed by atoms with E-state index in [1.54, 1.807) is 0 Å². The normalized spacial score (nSPS) is 12.3. The van der Waals surface area contributed by atoms with Gasteiger partial charge in [0.05, 0.1) is 39.3 Å². The molecule has 0 aliphatic carbocycles. The summed E-state index contributed by atoms with van der Waals surface area (Å²) >= 11 is 15.1. The molecule has 488 valence electrons. The van der Waals surface area contributed by atoms with Crippen molar-refractivity contribution in [1.29, 1.82) is 0 Å². The number of fused-ring (bicyclic) bond motifs is 6. The van der Waals surface area contributed by atoms with E-state index in [-0.39, 0.29) is 21.7 Å². The van der Waals surface area contributed by atoms with E-state index in [4.69, 9.17) is 23.2 Å². The smallest absolute Gasteiger partial charge is 0.0662 e. The van der Waals surface area contributed by atoms with E-state index >= 15 is 0 Å². The van der Waals surface area contributed by atoms with Crippen LogP contribution in [0.4, 0.5) is 34.1 Å². The van der Waals surface area contributed by atoms with Gasteiger partial charge >= 0.3 is 0 Å². The average molecular weight is 1330 g/mol. The number of halogens is 2. The first-order valence-corrected chi connectivity index (χ1v) is 35.4. The highest BCUT2D eigenvalue weighted by atomic mass is 35.5. The van der Waals surface area contributed by atoms with Gasteiger partial charge in [-0.15, -0.1) is 0 Å². The lowest BCUT2D eigenvalue weighted by Crippen LogP contribution is -2.18. The minimum absolute atomic E-state index is 0.188. The molecule has 0 saturated heterocycles.